The minimum Gasteiger partial charge on any atom is -0.473 e. The van der Waals surface area contributed by atoms with E-state index >= 15 is 0 Å². The Kier molecular flexibility index (Phi) is 3.54. The van der Waals surface area contributed by atoms with E-state index in [9.17, 15) is 4.79 Å². The van der Waals surface area contributed by atoms with Crippen molar-refractivity contribution >= 4 is 11.7 Å². The number of para-hydroxylation sites is 2. The van der Waals surface area contributed by atoms with Crippen LogP contribution in [0.15, 0.2) is 54.6 Å². The highest BCUT2D eigenvalue weighted by Gasteiger charge is 2.23. The molecule has 20 heavy (non-hydrogen) atoms. The lowest BCUT2D eigenvalue weighted by Gasteiger charge is -2.18. The summed E-state index contributed by atoms with van der Waals surface area (Å²) in [4.78, 5) is 13.9. The Balaban J connectivity index is 1.56. The van der Waals surface area contributed by atoms with Crippen LogP contribution < -0.4 is 15.0 Å². The van der Waals surface area contributed by atoms with Crippen molar-refractivity contribution < 1.29 is 9.53 Å². The smallest absolute Gasteiger partial charge is 0.324 e. The third kappa shape index (κ3) is 2.59. The molecule has 102 valence electrons. The lowest BCUT2D eigenvalue weighted by molar-refractivity contribution is 0.229. The van der Waals surface area contributed by atoms with E-state index in [4.69, 9.17) is 4.74 Å². The second-order valence-electron chi connectivity index (χ2n) is 4.61. The average molecular weight is 268 g/mol. The highest BCUT2D eigenvalue weighted by atomic mass is 16.5. The summed E-state index contributed by atoms with van der Waals surface area (Å²) in [5.41, 5.74) is 2.20. The van der Waals surface area contributed by atoms with Gasteiger partial charge >= 0.3 is 6.03 Å². The first-order valence-electron chi connectivity index (χ1n) is 6.66. The first-order valence-corrected chi connectivity index (χ1v) is 6.66. The first-order chi connectivity index (χ1) is 9.84. The minimum absolute atomic E-state index is 0.120. The van der Waals surface area contributed by atoms with E-state index in [0.29, 0.717) is 0 Å². The lowest BCUT2D eigenvalue weighted by atomic mass is 10.2. The topological polar surface area (TPSA) is 41.6 Å². The third-order valence-corrected chi connectivity index (χ3v) is 3.34. The van der Waals surface area contributed by atoms with Gasteiger partial charge in [0.1, 0.15) is 5.75 Å². The molecule has 0 saturated carbocycles. The summed E-state index contributed by atoms with van der Waals surface area (Å²) in [6.45, 7) is 0.887. The summed E-state index contributed by atoms with van der Waals surface area (Å²) in [6.07, 6.45) is 0.906. The fourth-order valence-electron chi connectivity index (χ4n) is 2.34. The monoisotopic (exact) mass is 268 g/mol. The van der Waals surface area contributed by atoms with Gasteiger partial charge in [-0.3, -0.25) is 4.90 Å². The van der Waals surface area contributed by atoms with Crippen LogP contribution in [0.5, 0.6) is 5.75 Å². The molecule has 1 heterocycles. The van der Waals surface area contributed by atoms with Gasteiger partial charge in [0.2, 0.25) is 0 Å². The van der Waals surface area contributed by atoms with Gasteiger partial charge in [0.15, 0.2) is 6.73 Å². The van der Waals surface area contributed by atoms with Crippen LogP contribution in [0.4, 0.5) is 10.5 Å². The maximum absolute atomic E-state index is 12.1. The Morgan fingerprint density at radius 1 is 1.10 bits per heavy atom. The highest BCUT2D eigenvalue weighted by molar-refractivity contribution is 5.94. The van der Waals surface area contributed by atoms with Crippen molar-refractivity contribution in [3.63, 3.8) is 0 Å². The Morgan fingerprint density at radius 2 is 1.85 bits per heavy atom. The number of anilines is 1. The molecule has 2 amide bonds. The van der Waals surface area contributed by atoms with Gasteiger partial charge in [-0.25, -0.2) is 4.79 Å². The summed E-state index contributed by atoms with van der Waals surface area (Å²) in [5, 5.41) is 2.78. The average Bonchev–Trinajstić information content (AvgIpc) is 2.92. The van der Waals surface area contributed by atoms with Gasteiger partial charge in [-0.1, -0.05) is 36.4 Å². The van der Waals surface area contributed by atoms with E-state index in [2.05, 4.69) is 11.4 Å². The Morgan fingerprint density at radius 3 is 2.70 bits per heavy atom. The summed E-state index contributed by atoms with van der Waals surface area (Å²) in [7, 11) is 0. The standard InChI is InChI=1S/C16H16N2O2/c19-16(17-12-20-14-7-2-1-3-8-14)18-11-10-13-6-4-5-9-15(13)18/h1-9H,10-12H2,(H,17,19). The zero-order valence-electron chi connectivity index (χ0n) is 11.1. The van der Waals surface area contributed by atoms with Crippen molar-refractivity contribution in [1.82, 2.24) is 5.32 Å². The molecule has 0 atom stereocenters. The number of amides is 2. The van der Waals surface area contributed by atoms with Crippen LogP contribution in [0.25, 0.3) is 0 Å². The summed E-state index contributed by atoms with van der Waals surface area (Å²) in [6, 6.07) is 17.3. The van der Waals surface area contributed by atoms with Gasteiger partial charge in [-0.05, 0) is 30.2 Å². The molecule has 0 fully saturated rings. The van der Waals surface area contributed by atoms with Crippen LogP contribution in [0.1, 0.15) is 5.56 Å². The number of urea groups is 1. The number of rotatable bonds is 3. The van der Waals surface area contributed by atoms with Gasteiger partial charge < -0.3 is 10.1 Å². The van der Waals surface area contributed by atoms with E-state index < -0.39 is 0 Å². The Bertz CT molecular complexity index is 598. The molecule has 1 N–H and O–H groups in total. The molecule has 2 aromatic carbocycles. The Hall–Kier alpha value is -2.49. The Labute approximate surface area is 118 Å². The molecule has 0 aliphatic carbocycles. The van der Waals surface area contributed by atoms with Crippen LogP contribution in [0.3, 0.4) is 0 Å². The highest BCUT2D eigenvalue weighted by Crippen LogP contribution is 2.27. The molecule has 0 saturated heterocycles. The second kappa shape index (κ2) is 5.65. The van der Waals surface area contributed by atoms with Gasteiger partial charge in [0, 0.05) is 12.2 Å². The van der Waals surface area contributed by atoms with Crippen molar-refractivity contribution in [3.05, 3.63) is 60.2 Å². The maximum atomic E-state index is 12.1. The molecular weight excluding hydrogens is 252 g/mol. The fourth-order valence-corrected chi connectivity index (χ4v) is 2.34. The molecule has 4 nitrogen and oxygen atoms in total. The predicted molar refractivity (Wildman–Crippen MR) is 78.0 cm³/mol. The van der Waals surface area contributed by atoms with E-state index in [1.54, 1.807) is 4.90 Å². The number of nitrogens with one attached hydrogen (secondary N) is 1. The summed E-state index contributed by atoms with van der Waals surface area (Å²) in [5.74, 6) is 0.745. The maximum Gasteiger partial charge on any atom is 0.324 e. The molecule has 2 aromatic rings. The number of fused-ring (bicyclic) bond motifs is 1. The fraction of sp³-hybridized carbons (Fsp3) is 0.188. The number of carbonyl (C=O) groups excluding carboxylic acids is 1. The zero-order valence-corrected chi connectivity index (χ0v) is 11.1. The van der Waals surface area contributed by atoms with E-state index in [1.807, 2.05) is 48.5 Å². The number of nitrogens with zero attached hydrogens (tertiary/aromatic N) is 1. The number of ether oxygens (including phenoxy) is 1. The van der Waals surface area contributed by atoms with Gasteiger partial charge in [0.25, 0.3) is 0 Å². The van der Waals surface area contributed by atoms with E-state index in [1.165, 1.54) is 5.56 Å². The lowest BCUT2D eigenvalue weighted by Crippen LogP contribution is -2.40. The van der Waals surface area contributed by atoms with Gasteiger partial charge in [-0.15, -0.1) is 0 Å². The molecule has 0 radical (unpaired) electrons. The first kappa shape index (κ1) is 12.5. The molecule has 3 rings (SSSR count). The summed E-state index contributed by atoms with van der Waals surface area (Å²) >= 11 is 0. The van der Waals surface area contributed by atoms with Gasteiger partial charge in [0.05, 0.1) is 0 Å². The summed E-state index contributed by atoms with van der Waals surface area (Å²) < 4.78 is 5.47. The van der Waals surface area contributed by atoms with Crippen molar-refractivity contribution in [1.29, 1.82) is 0 Å². The van der Waals surface area contributed by atoms with Crippen molar-refractivity contribution in [3.8, 4) is 5.75 Å². The molecule has 1 aliphatic heterocycles. The van der Waals surface area contributed by atoms with Crippen molar-refractivity contribution in [2.45, 2.75) is 6.42 Å². The number of hydrogen-bond acceptors (Lipinski definition) is 2. The molecule has 0 unspecified atom stereocenters. The molecular formula is C16H16N2O2. The quantitative estimate of drug-likeness (QED) is 0.870. The van der Waals surface area contributed by atoms with Crippen LogP contribution in [0, 0.1) is 0 Å². The number of benzene rings is 2. The normalized spacial score (nSPS) is 12.9. The van der Waals surface area contributed by atoms with E-state index in [0.717, 1.165) is 24.4 Å². The molecule has 1 aliphatic rings. The third-order valence-electron chi connectivity index (χ3n) is 3.34. The zero-order chi connectivity index (χ0) is 13.8. The number of carbonyl (C=O) groups is 1. The molecule has 0 spiro atoms. The van der Waals surface area contributed by atoms with Crippen molar-refractivity contribution in [2.24, 2.45) is 0 Å². The second-order valence-corrected chi connectivity index (χ2v) is 4.61. The molecule has 0 aromatic heterocycles. The van der Waals surface area contributed by atoms with Crippen LogP contribution in [-0.2, 0) is 6.42 Å². The van der Waals surface area contributed by atoms with Crippen molar-refractivity contribution in [2.75, 3.05) is 18.2 Å². The van der Waals surface area contributed by atoms with Crippen LogP contribution in [-0.4, -0.2) is 19.3 Å². The molecule has 0 bridgehead atoms. The van der Waals surface area contributed by atoms with Gasteiger partial charge in [-0.2, -0.15) is 0 Å². The molecule has 4 heteroatoms. The number of hydrogen-bond donors (Lipinski definition) is 1. The minimum atomic E-state index is -0.120. The van der Waals surface area contributed by atoms with Crippen LogP contribution in [0.2, 0.25) is 0 Å². The predicted octanol–water partition coefficient (Wildman–Crippen LogP) is 2.80. The largest absolute Gasteiger partial charge is 0.473 e. The van der Waals surface area contributed by atoms with E-state index in [-0.39, 0.29) is 12.8 Å². The van der Waals surface area contributed by atoms with Crippen LogP contribution >= 0.6 is 0 Å². The SMILES string of the molecule is O=C(NCOc1ccccc1)N1CCc2ccccc21.